The normalized spacial score (nSPS) is 12.6. The van der Waals surface area contributed by atoms with Gasteiger partial charge in [0.15, 0.2) is 11.0 Å². The Kier molecular flexibility index (Phi) is 6.55. The van der Waals surface area contributed by atoms with E-state index in [-0.39, 0.29) is 29.7 Å². The number of halogens is 1. The van der Waals surface area contributed by atoms with Crippen LogP contribution in [0.25, 0.3) is 5.69 Å². The van der Waals surface area contributed by atoms with Gasteiger partial charge in [-0.15, -0.1) is 10.2 Å². The molecule has 0 bridgehead atoms. The number of esters is 1. The Morgan fingerprint density at radius 1 is 1.24 bits per heavy atom. The first-order chi connectivity index (χ1) is 11.8. The van der Waals surface area contributed by atoms with Crippen molar-refractivity contribution in [1.29, 1.82) is 0 Å². The lowest BCUT2D eigenvalue weighted by molar-refractivity contribution is -0.144. The summed E-state index contributed by atoms with van der Waals surface area (Å²) in [6, 6.07) is 6.11. The molecule has 6 nitrogen and oxygen atoms in total. The van der Waals surface area contributed by atoms with Crippen molar-refractivity contribution in [2.75, 3.05) is 19.8 Å². The second-order valence-electron chi connectivity index (χ2n) is 6.12. The minimum absolute atomic E-state index is 0.00508. The molecule has 0 saturated heterocycles. The zero-order valence-electron chi connectivity index (χ0n) is 15.1. The van der Waals surface area contributed by atoms with E-state index in [4.69, 9.17) is 4.74 Å². The van der Waals surface area contributed by atoms with Crippen molar-refractivity contribution in [3.63, 3.8) is 0 Å². The molecule has 0 radical (unpaired) electrons. The summed E-state index contributed by atoms with van der Waals surface area (Å²) in [5, 5.41) is 9.06. The van der Waals surface area contributed by atoms with E-state index in [2.05, 4.69) is 10.2 Å². The SMILES string of the molecule is CC(C)OC(=O)CSc1nnc([C@H](C)N(C)C)n1-c1ccc(F)cc1. The van der Waals surface area contributed by atoms with Crippen LogP contribution in [0.3, 0.4) is 0 Å². The lowest BCUT2D eigenvalue weighted by Crippen LogP contribution is -2.20. The van der Waals surface area contributed by atoms with Gasteiger partial charge in [0.1, 0.15) is 5.82 Å². The Bertz CT molecular complexity index is 716. The molecule has 0 spiro atoms. The number of hydrogen-bond donors (Lipinski definition) is 0. The van der Waals surface area contributed by atoms with Crippen LogP contribution < -0.4 is 0 Å². The molecule has 136 valence electrons. The second-order valence-corrected chi connectivity index (χ2v) is 7.06. The van der Waals surface area contributed by atoms with E-state index < -0.39 is 0 Å². The molecule has 1 atom stereocenters. The number of aromatic nitrogens is 3. The molecule has 0 N–H and O–H groups in total. The molecule has 2 aromatic rings. The van der Waals surface area contributed by atoms with Gasteiger partial charge in [-0.1, -0.05) is 11.8 Å². The van der Waals surface area contributed by atoms with Crippen LogP contribution in [0.4, 0.5) is 4.39 Å². The maximum Gasteiger partial charge on any atom is 0.316 e. The van der Waals surface area contributed by atoms with Gasteiger partial charge in [-0.3, -0.25) is 14.3 Å². The third kappa shape index (κ3) is 5.02. The average Bonchev–Trinajstić information content (AvgIpc) is 2.96. The Balaban J connectivity index is 2.33. The fourth-order valence-electron chi connectivity index (χ4n) is 2.13. The summed E-state index contributed by atoms with van der Waals surface area (Å²) in [6.07, 6.45) is -0.160. The molecule has 25 heavy (non-hydrogen) atoms. The minimum Gasteiger partial charge on any atom is -0.462 e. The first-order valence-electron chi connectivity index (χ1n) is 7.99. The zero-order chi connectivity index (χ0) is 18.6. The molecule has 0 fully saturated rings. The van der Waals surface area contributed by atoms with Crippen molar-refractivity contribution >= 4 is 17.7 Å². The molecule has 0 amide bonds. The molecule has 8 heteroatoms. The summed E-state index contributed by atoms with van der Waals surface area (Å²) in [5.74, 6) is 0.231. The Morgan fingerprint density at radius 2 is 1.88 bits per heavy atom. The standard InChI is InChI=1S/C17H23FN4O2S/c1-11(2)24-15(23)10-25-17-20-19-16(12(3)21(4)5)22(17)14-8-6-13(18)7-9-14/h6-9,11-12H,10H2,1-5H3/t12-/m0/s1. The lowest BCUT2D eigenvalue weighted by atomic mass is 10.2. The highest BCUT2D eigenvalue weighted by molar-refractivity contribution is 7.99. The summed E-state index contributed by atoms with van der Waals surface area (Å²) in [6.45, 7) is 5.62. The summed E-state index contributed by atoms with van der Waals surface area (Å²) >= 11 is 1.25. The second kappa shape index (κ2) is 8.44. The van der Waals surface area contributed by atoms with Crippen LogP contribution in [0.1, 0.15) is 32.6 Å². The average molecular weight is 366 g/mol. The molecule has 0 unspecified atom stereocenters. The van der Waals surface area contributed by atoms with Crippen LogP contribution in [0.5, 0.6) is 0 Å². The van der Waals surface area contributed by atoms with E-state index >= 15 is 0 Å². The van der Waals surface area contributed by atoms with Crippen molar-refractivity contribution < 1.29 is 13.9 Å². The predicted octanol–water partition coefficient (Wildman–Crippen LogP) is 3.07. The van der Waals surface area contributed by atoms with Crippen LogP contribution in [0.2, 0.25) is 0 Å². The topological polar surface area (TPSA) is 60.2 Å². The van der Waals surface area contributed by atoms with E-state index in [0.717, 1.165) is 11.5 Å². The number of nitrogens with zero attached hydrogens (tertiary/aromatic N) is 4. The number of carbonyl (C=O) groups excluding carboxylic acids is 1. The zero-order valence-corrected chi connectivity index (χ0v) is 15.9. The van der Waals surface area contributed by atoms with E-state index in [1.807, 2.05) is 30.5 Å². The molecule has 0 aliphatic carbocycles. The highest BCUT2D eigenvalue weighted by Crippen LogP contribution is 2.27. The largest absolute Gasteiger partial charge is 0.462 e. The van der Waals surface area contributed by atoms with Crippen molar-refractivity contribution in [3.8, 4) is 5.69 Å². The van der Waals surface area contributed by atoms with Gasteiger partial charge in [0.05, 0.1) is 17.9 Å². The molecule has 1 aromatic heterocycles. The first kappa shape index (κ1) is 19.4. The highest BCUT2D eigenvalue weighted by atomic mass is 32.2. The van der Waals surface area contributed by atoms with Crippen molar-refractivity contribution in [2.24, 2.45) is 0 Å². The summed E-state index contributed by atoms with van der Waals surface area (Å²) in [7, 11) is 3.89. The van der Waals surface area contributed by atoms with Crippen LogP contribution in [-0.4, -0.2) is 51.6 Å². The van der Waals surface area contributed by atoms with Gasteiger partial charge in [0.25, 0.3) is 0 Å². The molecule has 0 aliphatic rings. The van der Waals surface area contributed by atoms with Crippen LogP contribution in [0.15, 0.2) is 29.4 Å². The number of thioether (sulfide) groups is 1. The van der Waals surface area contributed by atoms with E-state index in [1.54, 1.807) is 26.0 Å². The Hall–Kier alpha value is -1.93. The van der Waals surface area contributed by atoms with Crippen molar-refractivity contribution in [2.45, 2.75) is 38.1 Å². The fraction of sp³-hybridized carbons (Fsp3) is 0.471. The minimum atomic E-state index is -0.311. The molecular weight excluding hydrogens is 343 g/mol. The van der Waals surface area contributed by atoms with Crippen LogP contribution in [0, 0.1) is 5.82 Å². The van der Waals surface area contributed by atoms with E-state index in [9.17, 15) is 9.18 Å². The Morgan fingerprint density at radius 3 is 2.44 bits per heavy atom. The summed E-state index contributed by atoms with van der Waals surface area (Å²) < 4.78 is 20.3. The number of rotatable bonds is 7. The van der Waals surface area contributed by atoms with Crippen molar-refractivity contribution in [1.82, 2.24) is 19.7 Å². The maximum absolute atomic E-state index is 13.3. The van der Waals surface area contributed by atoms with Crippen molar-refractivity contribution in [3.05, 3.63) is 35.9 Å². The van der Waals surface area contributed by atoms with Gasteiger partial charge < -0.3 is 4.74 Å². The molecule has 0 saturated carbocycles. The number of ether oxygens (including phenoxy) is 1. The van der Waals surface area contributed by atoms with Gasteiger partial charge in [-0.25, -0.2) is 4.39 Å². The van der Waals surface area contributed by atoms with E-state index in [1.165, 1.54) is 23.9 Å². The maximum atomic E-state index is 13.3. The predicted molar refractivity (Wildman–Crippen MR) is 95.4 cm³/mol. The monoisotopic (exact) mass is 366 g/mol. The van der Waals surface area contributed by atoms with Crippen LogP contribution in [-0.2, 0) is 9.53 Å². The summed E-state index contributed by atoms with van der Waals surface area (Å²) in [5.41, 5.74) is 0.745. The number of hydrogen-bond acceptors (Lipinski definition) is 6. The van der Waals surface area contributed by atoms with Gasteiger partial charge in [0.2, 0.25) is 0 Å². The van der Waals surface area contributed by atoms with Crippen LogP contribution >= 0.6 is 11.8 Å². The third-order valence-electron chi connectivity index (χ3n) is 3.58. The van der Waals surface area contributed by atoms with Gasteiger partial charge >= 0.3 is 5.97 Å². The molecule has 0 aliphatic heterocycles. The fourth-order valence-corrected chi connectivity index (χ4v) is 2.87. The highest BCUT2D eigenvalue weighted by Gasteiger charge is 2.21. The quantitative estimate of drug-likeness (QED) is 0.554. The molecular formula is C17H23FN4O2S. The number of carbonyl (C=O) groups is 1. The smallest absolute Gasteiger partial charge is 0.316 e. The van der Waals surface area contributed by atoms with E-state index in [0.29, 0.717) is 5.16 Å². The Labute approximate surface area is 151 Å². The first-order valence-corrected chi connectivity index (χ1v) is 8.98. The number of benzene rings is 1. The lowest BCUT2D eigenvalue weighted by Gasteiger charge is -2.20. The van der Waals surface area contributed by atoms with Gasteiger partial charge in [0, 0.05) is 5.69 Å². The third-order valence-corrected chi connectivity index (χ3v) is 4.48. The van der Waals surface area contributed by atoms with Gasteiger partial charge in [-0.2, -0.15) is 0 Å². The molecule has 1 heterocycles. The molecule has 1 aromatic carbocycles. The van der Waals surface area contributed by atoms with Gasteiger partial charge in [-0.05, 0) is 59.1 Å². The molecule has 2 rings (SSSR count). The summed E-state index contributed by atoms with van der Waals surface area (Å²) in [4.78, 5) is 13.8.